The number of halogens is 2. The molecule has 114 valence electrons. The second kappa shape index (κ2) is 7.47. The Balaban J connectivity index is 2.84. The molecule has 0 aliphatic rings. The zero-order valence-corrected chi connectivity index (χ0v) is 11.6. The lowest BCUT2D eigenvalue weighted by molar-refractivity contribution is -0.143. The highest BCUT2D eigenvalue weighted by atomic mass is 19.1. The standard InChI is InChI=1S/C14H15F2NO4/c1-8(18)3-6-12(14(20)21-2)17-13(19)10-5-4-9(15)7-11(10)16/h4-5,7,12H,3,6H2,1-2H3,(H,17,19)/t12-/m0/s1. The Morgan fingerprint density at radius 2 is 1.95 bits per heavy atom. The number of hydrogen-bond acceptors (Lipinski definition) is 4. The van der Waals surface area contributed by atoms with Gasteiger partial charge in [-0.15, -0.1) is 0 Å². The van der Waals surface area contributed by atoms with Gasteiger partial charge in [-0.1, -0.05) is 0 Å². The van der Waals surface area contributed by atoms with E-state index < -0.39 is 35.1 Å². The minimum atomic E-state index is -1.07. The normalized spacial score (nSPS) is 11.6. The van der Waals surface area contributed by atoms with Gasteiger partial charge in [-0.3, -0.25) is 4.79 Å². The lowest BCUT2D eigenvalue weighted by Crippen LogP contribution is -2.42. The van der Waals surface area contributed by atoms with E-state index in [2.05, 4.69) is 10.1 Å². The van der Waals surface area contributed by atoms with E-state index in [0.29, 0.717) is 6.07 Å². The number of ketones is 1. The zero-order valence-electron chi connectivity index (χ0n) is 11.6. The summed E-state index contributed by atoms with van der Waals surface area (Å²) in [5, 5.41) is 2.27. The highest BCUT2D eigenvalue weighted by Gasteiger charge is 2.23. The molecule has 7 heteroatoms. The number of carbonyl (C=O) groups is 3. The van der Waals surface area contributed by atoms with Gasteiger partial charge < -0.3 is 14.8 Å². The molecule has 1 rings (SSSR count). The second-order valence-corrected chi connectivity index (χ2v) is 4.41. The van der Waals surface area contributed by atoms with E-state index in [9.17, 15) is 23.2 Å². The topological polar surface area (TPSA) is 72.5 Å². The van der Waals surface area contributed by atoms with Gasteiger partial charge >= 0.3 is 5.97 Å². The molecule has 1 amide bonds. The van der Waals surface area contributed by atoms with Crippen molar-refractivity contribution in [2.45, 2.75) is 25.8 Å². The largest absolute Gasteiger partial charge is 0.467 e. The molecule has 5 nitrogen and oxygen atoms in total. The number of nitrogens with one attached hydrogen (secondary N) is 1. The molecule has 1 atom stereocenters. The van der Waals surface area contributed by atoms with E-state index in [1.54, 1.807) is 0 Å². The highest BCUT2D eigenvalue weighted by Crippen LogP contribution is 2.10. The quantitative estimate of drug-likeness (QED) is 0.810. The number of hydrogen-bond donors (Lipinski definition) is 1. The van der Waals surface area contributed by atoms with Gasteiger partial charge in [0.05, 0.1) is 12.7 Å². The molecule has 0 spiro atoms. The number of benzene rings is 1. The van der Waals surface area contributed by atoms with Crippen molar-refractivity contribution >= 4 is 17.7 Å². The number of Topliss-reactive ketones (excluding diaryl/α,β-unsaturated/α-hetero) is 1. The average molecular weight is 299 g/mol. The molecule has 0 fully saturated rings. The monoisotopic (exact) mass is 299 g/mol. The van der Waals surface area contributed by atoms with Gasteiger partial charge in [-0.05, 0) is 25.5 Å². The Labute approximate surface area is 120 Å². The van der Waals surface area contributed by atoms with Crippen molar-refractivity contribution in [2.24, 2.45) is 0 Å². The summed E-state index contributed by atoms with van der Waals surface area (Å²) in [6.07, 6.45) is 0.0997. The lowest BCUT2D eigenvalue weighted by Gasteiger charge is -2.16. The van der Waals surface area contributed by atoms with Crippen LogP contribution in [0.1, 0.15) is 30.1 Å². The van der Waals surface area contributed by atoms with Crippen LogP contribution in [0, 0.1) is 11.6 Å². The number of rotatable bonds is 6. The average Bonchev–Trinajstić information content (AvgIpc) is 2.42. The molecule has 1 aromatic rings. The highest BCUT2D eigenvalue weighted by molar-refractivity contribution is 5.97. The van der Waals surface area contributed by atoms with Crippen LogP contribution in [0.2, 0.25) is 0 Å². The van der Waals surface area contributed by atoms with Gasteiger partial charge in [-0.2, -0.15) is 0 Å². The summed E-state index contributed by atoms with van der Waals surface area (Å²) in [5.41, 5.74) is -0.395. The van der Waals surface area contributed by atoms with Crippen LogP contribution in [0.25, 0.3) is 0 Å². The maximum absolute atomic E-state index is 13.5. The SMILES string of the molecule is COC(=O)[C@H](CCC(C)=O)NC(=O)c1ccc(F)cc1F. The number of amides is 1. The third kappa shape index (κ3) is 4.94. The lowest BCUT2D eigenvalue weighted by atomic mass is 10.1. The molecular weight excluding hydrogens is 284 g/mol. The predicted molar refractivity (Wildman–Crippen MR) is 69.5 cm³/mol. The van der Waals surface area contributed by atoms with Gasteiger partial charge in [0.1, 0.15) is 23.5 Å². The molecule has 0 aliphatic carbocycles. The maximum atomic E-state index is 13.5. The van der Waals surface area contributed by atoms with Crippen LogP contribution in [-0.2, 0) is 14.3 Å². The van der Waals surface area contributed by atoms with Crippen molar-refractivity contribution in [3.8, 4) is 0 Å². The number of ether oxygens (including phenoxy) is 1. The molecule has 0 saturated heterocycles. The summed E-state index contributed by atoms with van der Waals surface area (Å²) in [4.78, 5) is 34.4. The first-order valence-electron chi connectivity index (χ1n) is 6.18. The summed E-state index contributed by atoms with van der Waals surface area (Å²) in [5.74, 6) is -3.64. The van der Waals surface area contributed by atoms with Crippen LogP contribution in [0.5, 0.6) is 0 Å². The zero-order chi connectivity index (χ0) is 16.0. The van der Waals surface area contributed by atoms with Crippen LogP contribution >= 0.6 is 0 Å². The molecule has 1 N–H and O–H groups in total. The van der Waals surface area contributed by atoms with Gasteiger partial charge in [-0.25, -0.2) is 13.6 Å². The first-order chi connectivity index (χ1) is 9.85. The summed E-state index contributed by atoms with van der Waals surface area (Å²) in [6, 6.07) is 1.40. The van der Waals surface area contributed by atoms with E-state index in [1.807, 2.05) is 0 Å². The summed E-state index contributed by atoms with van der Waals surface area (Å²) in [6.45, 7) is 1.34. The molecule has 0 aromatic heterocycles. The van der Waals surface area contributed by atoms with Gasteiger partial charge in [0.15, 0.2) is 0 Å². The maximum Gasteiger partial charge on any atom is 0.328 e. The van der Waals surface area contributed by atoms with Crippen LogP contribution in [0.4, 0.5) is 8.78 Å². The Hall–Kier alpha value is -2.31. The minimum Gasteiger partial charge on any atom is -0.467 e. The van der Waals surface area contributed by atoms with Crippen LogP contribution < -0.4 is 5.32 Å². The molecule has 0 bridgehead atoms. The molecule has 0 heterocycles. The third-order valence-corrected chi connectivity index (χ3v) is 2.75. The Bertz CT molecular complexity index is 560. The molecule has 21 heavy (non-hydrogen) atoms. The molecule has 0 radical (unpaired) electrons. The number of methoxy groups -OCH3 is 1. The van der Waals surface area contributed by atoms with E-state index in [-0.39, 0.29) is 18.6 Å². The molecule has 1 aromatic carbocycles. The van der Waals surface area contributed by atoms with Crippen molar-refractivity contribution < 1.29 is 27.9 Å². The van der Waals surface area contributed by atoms with Gasteiger partial charge in [0.25, 0.3) is 5.91 Å². The fourth-order valence-corrected chi connectivity index (χ4v) is 1.65. The van der Waals surface area contributed by atoms with Crippen molar-refractivity contribution in [3.63, 3.8) is 0 Å². The smallest absolute Gasteiger partial charge is 0.328 e. The second-order valence-electron chi connectivity index (χ2n) is 4.41. The van der Waals surface area contributed by atoms with E-state index in [1.165, 1.54) is 6.92 Å². The summed E-state index contributed by atoms with van der Waals surface area (Å²) < 4.78 is 30.8. The van der Waals surface area contributed by atoms with E-state index in [4.69, 9.17) is 0 Å². The fraction of sp³-hybridized carbons (Fsp3) is 0.357. The summed E-state index contributed by atoms with van der Waals surface area (Å²) >= 11 is 0. The molecule has 0 saturated carbocycles. The van der Waals surface area contributed by atoms with Crippen molar-refractivity contribution in [3.05, 3.63) is 35.4 Å². The number of esters is 1. The van der Waals surface area contributed by atoms with Crippen LogP contribution in [0.3, 0.4) is 0 Å². The van der Waals surface area contributed by atoms with Crippen LogP contribution in [-0.4, -0.2) is 30.8 Å². The Kier molecular flexibility index (Phi) is 5.95. The van der Waals surface area contributed by atoms with E-state index in [0.717, 1.165) is 19.2 Å². The molecule has 0 aliphatic heterocycles. The van der Waals surface area contributed by atoms with Crippen molar-refractivity contribution in [2.75, 3.05) is 7.11 Å². The summed E-state index contributed by atoms with van der Waals surface area (Å²) in [7, 11) is 1.13. The van der Waals surface area contributed by atoms with Crippen molar-refractivity contribution in [1.82, 2.24) is 5.32 Å². The third-order valence-electron chi connectivity index (χ3n) is 2.75. The van der Waals surface area contributed by atoms with Crippen LogP contribution in [0.15, 0.2) is 18.2 Å². The first-order valence-corrected chi connectivity index (χ1v) is 6.18. The molecule has 0 unspecified atom stereocenters. The molecular formula is C14H15F2NO4. The predicted octanol–water partition coefficient (Wildman–Crippen LogP) is 1.61. The van der Waals surface area contributed by atoms with E-state index >= 15 is 0 Å². The minimum absolute atomic E-state index is 0.0383. The Morgan fingerprint density at radius 1 is 1.29 bits per heavy atom. The fourth-order valence-electron chi connectivity index (χ4n) is 1.65. The van der Waals surface area contributed by atoms with Gasteiger partial charge in [0.2, 0.25) is 0 Å². The van der Waals surface area contributed by atoms with Gasteiger partial charge in [0, 0.05) is 12.5 Å². The Morgan fingerprint density at radius 3 is 2.48 bits per heavy atom. The first kappa shape index (κ1) is 16.7. The van der Waals surface area contributed by atoms with Crippen molar-refractivity contribution in [1.29, 1.82) is 0 Å². The number of carbonyl (C=O) groups excluding carboxylic acids is 3.